The standard InChI is InChI=1S/C12H14O3/c1-8-11(7-15-12(8)13)9-3-5-10(14-2)6-4-9/h3-6,8,11H,7H2,1-2H3/t8-,11+/m1/s1. The molecule has 3 nitrogen and oxygen atoms in total. The quantitative estimate of drug-likeness (QED) is 0.694. The molecule has 0 aromatic heterocycles. The van der Waals surface area contributed by atoms with Gasteiger partial charge in [-0.25, -0.2) is 0 Å². The highest BCUT2D eigenvalue weighted by molar-refractivity contribution is 5.75. The lowest BCUT2D eigenvalue weighted by Crippen LogP contribution is -2.09. The highest BCUT2D eigenvalue weighted by atomic mass is 16.5. The summed E-state index contributed by atoms with van der Waals surface area (Å²) in [7, 11) is 1.64. The Morgan fingerprint density at radius 1 is 1.33 bits per heavy atom. The summed E-state index contributed by atoms with van der Waals surface area (Å²) < 4.78 is 10.1. The monoisotopic (exact) mass is 206 g/mol. The van der Waals surface area contributed by atoms with Crippen LogP contribution in [0.1, 0.15) is 18.4 Å². The molecule has 0 aliphatic carbocycles. The smallest absolute Gasteiger partial charge is 0.309 e. The Morgan fingerprint density at radius 3 is 2.47 bits per heavy atom. The van der Waals surface area contributed by atoms with E-state index in [-0.39, 0.29) is 17.8 Å². The Hall–Kier alpha value is -1.51. The number of ether oxygens (including phenoxy) is 2. The van der Waals surface area contributed by atoms with Gasteiger partial charge < -0.3 is 9.47 Å². The van der Waals surface area contributed by atoms with Crippen molar-refractivity contribution in [2.45, 2.75) is 12.8 Å². The van der Waals surface area contributed by atoms with Crippen LogP contribution >= 0.6 is 0 Å². The third kappa shape index (κ3) is 1.82. The van der Waals surface area contributed by atoms with Crippen LogP contribution in [0.15, 0.2) is 24.3 Å². The van der Waals surface area contributed by atoms with Crippen molar-refractivity contribution >= 4 is 5.97 Å². The first-order valence-corrected chi connectivity index (χ1v) is 5.03. The lowest BCUT2D eigenvalue weighted by molar-refractivity contribution is -0.140. The molecular formula is C12H14O3. The largest absolute Gasteiger partial charge is 0.497 e. The van der Waals surface area contributed by atoms with Crippen LogP contribution in [0.3, 0.4) is 0 Å². The first kappa shape index (κ1) is 10.0. The zero-order chi connectivity index (χ0) is 10.8. The highest BCUT2D eigenvalue weighted by Gasteiger charge is 2.33. The lowest BCUT2D eigenvalue weighted by Gasteiger charge is -2.11. The van der Waals surface area contributed by atoms with Gasteiger partial charge in [0.2, 0.25) is 0 Å². The van der Waals surface area contributed by atoms with Crippen molar-refractivity contribution in [2.24, 2.45) is 5.92 Å². The Bertz CT molecular complexity index is 356. The van der Waals surface area contributed by atoms with Gasteiger partial charge in [0.05, 0.1) is 19.6 Å². The summed E-state index contributed by atoms with van der Waals surface area (Å²) in [6.45, 7) is 2.40. The van der Waals surface area contributed by atoms with Crippen molar-refractivity contribution in [1.29, 1.82) is 0 Å². The Kier molecular flexibility index (Phi) is 2.62. The topological polar surface area (TPSA) is 35.5 Å². The molecule has 0 amide bonds. The summed E-state index contributed by atoms with van der Waals surface area (Å²) in [6, 6.07) is 7.79. The normalized spacial score (nSPS) is 25.1. The van der Waals surface area contributed by atoms with E-state index in [0.29, 0.717) is 6.61 Å². The van der Waals surface area contributed by atoms with Crippen molar-refractivity contribution in [3.63, 3.8) is 0 Å². The maximum absolute atomic E-state index is 11.2. The highest BCUT2D eigenvalue weighted by Crippen LogP contribution is 2.32. The van der Waals surface area contributed by atoms with E-state index in [1.165, 1.54) is 0 Å². The van der Waals surface area contributed by atoms with Crippen LogP contribution in [0.2, 0.25) is 0 Å². The Morgan fingerprint density at radius 2 is 2.00 bits per heavy atom. The fourth-order valence-electron chi connectivity index (χ4n) is 1.85. The molecule has 1 aromatic rings. The van der Waals surface area contributed by atoms with Gasteiger partial charge in [0.1, 0.15) is 5.75 Å². The molecule has 0 radical (unpaired) electrons. The maximum Gasteiger partial charge on any atom is 0.309 e. The number of carbonyl (C=O) groups excluding carboxylic acids is 1. The predicted molar refractivity (Wildman–Crippen MR) is 55.9 cm³/mol. The van der Waals surface area contributed by atoms with Crippen LogP contribution in [0.25, 0.3) is 0 Å². The van der Waals surface area contributed by atoms with Crippen molar-refractivity contribution in [1.82, 2.24) is 0 Å². The van der Waals surface area contributed by atoms with Gasteiger partial charge in [0.25, 0.3) is 0 Å². The molecule has 1 fully saturated rings. The lowest BCUT2D eigenvalue weighted by atomic mass is 9.90. The van der Waals surface area contributed by atoms with Gasteiger partial charge in [0, 0.05) is 5.92 Å². The maximum atomic E-state index is 11.2. The molecule has 1 heterocycles. The second-order valence-electron chi connectivity index (χ2n) is 3.80. The molecule has 0 bridgehead atoms. The van der Waals surface area contributed by atoms with Crippen molar-refractivity contribution in [2.75, 3.05) is 13.7 Å². The van der Waals surface area contributed by atoms with E-state index in [1.54, 1.807) is 7.11 Å². The van der Waals surface area contributed by atoms with E-state index in [0.717, 1.165) is 11.3 Å². The molecule has 15 heavy (non-hydrogen) atoms. The minimum absolute atomic E-state index is 0.0432. The van der Waals surface area contributed by atoms with Gasteiger partial charge in [-0.3, -0.25) is 4.79 Å². The van der Waals surface area contributed by atoms with Gasteiger partial charge in [-0.2, -0.15) is 0 Å². The van der Waals surface area contributed by atoms with E-state index in [1.807, 2.05) is 31.2 Å². The molecule has 2 rings (SSSR count). The molecule has 1 saturated heterocycles. The van der Waals surface area contributed by atoms with E-state index < -0.39 is 0 Å². The summed E-state index contributed by atoms with van der Waals surface area (Å²) in [5.74, 6) is 0.870. The first-order valence-electron chi connectivity index (χ1n) is 5.03. The Labute approximate surface area is 89.0 Å². The van der Waals surface area contributed by atoms with Gasteiger partial charge >= 0.3 is 5.97 Å². The summed E-state index contributed by atoms with van der Waals surface area (Å²) in [6.07, 6.45) is 0. The number of hydrogen-bond acceptors (Lipinski definition) is 3. The predicted octanol–water partition coefficient (Wildman–Crippen LogP) is 1.97. The number of rotatable bonds is 2. The minimum atomic E-state index is -0.101. The molecule has 1 aliphatic rings. The number of benzene rings is 1. The fraction of sp³-hybridized carbons (Fsp3) is 0.417. The van der Waals surface area contributed by atoms with Crippen LogP contribution in [0, 0.1) is 5.92 Å². The van der Waals surface area contributed by atoms with Gasteiger partial charge in [0.15, 0.2) is 0 Å². The molecule has 0 N–H and O–H groups in total. The molecule has 80 valence electrons. The molecule has 1 aliphatic heterocycles. The van der Waals surface area contributed by atoms with Crippen molar-refractivity contribution in [3.8, 4) is 5.75 Å². The van der Waals surface area contributed by atoms with Crippen LogP contribution in [-0.4, -0.2) is 19.7 Å². The van der Waals surface area contributed by atoms with E-state index in [9.17, 15) is 4.79 Å². The SMILES string of the molecule is COc1ccc([C@H]2COC(=O)[C@@H]2C)cc1. The summed E-state index contributed by atoms with van der Waals surface area (Å²) in [5, 5.41) is 0. The van der Waals surface area contributed by atoms with Crippen LogP contribution in [0.5, 0.6) is 5.75 Å². The molecule has 2 atom stereocenters. The van der Waals surface area contributed by atoms with Crippen molar-refractivity contribution < 1.29 is 14.3 Å². The average Bonchev–Trinajstić information content (AvgIpc) is 2.60. The van der Waals surface area contributed by atoms with Gasteiger partial charge in [-0.1, -0.05) is 19.1 Å². The molecule has 3 heteroatoms. The minimum Gasteiger partial charge on any atom is -0.497 e. The number of hydrogen-bond donors (Lipinski definition) is 0. The summed E-state index contributed by atoms with van der Waals surface area (Å²) in [4.78, 5) is 11.2. The number of carbonyl (C=O) groups is 1. The molecule has 1 aromatic carbocycles. The summed E-state index contributed by atoms with van der Waals surface area (Å²) in [5.41, 5.74) is 1.13. The van der Waals surface area contributed by atoms with Crippen LogP contribution < -0.4 is 4.74 Å². The second kappa shape index (κ2) is 3.93. The second-order valence-corrected chi connectivity index (χ2v) is 3.80. The molecular weight excluding hydrogens is 192 g/mol. The Balaban J connectivity index is 2.19. The van der Waals surface area contributed by atoms with E-state index in [4.69, 9.17) is 9.47 Å². The number of cyclic esters (lactones) is 1. The average molecular weight is 206 g/mol. The number of esters is 1. The first-order chi connectivity index (χ1) is 7.22. The van der Waals surface area contributed by atoms with Gasteiger partial charge in [-0.15, -0.1) is 0 Å². The summed E-state index contributed by atoms with van der Waals surface area (Å²) >= 11 is 0. The van der Waals surface area contributed by atoms with E-state index >= 15 is 0 Å². The third-order valence-electron chi connectivity index (χ3n) is 2.92. The fourth-order valence-corrected chi connectivity index (χ4v) is 1.85. The van der Waals surface area contributed by atoms with Crippen molar-refractivity contribution in [3.05, 3.63) is 29.8 Å². The zero-order valence-corrected chi connectivity index (χ0v) is 8.90. The van der Waals surface area contributed by atoms with Crippen LogP contribution in [-0.2, 0) is 9.53 Å². The van der Waals surface area contributed by atoms with Crippen LogP contribution in [0.4, 0.5) is 0 Å². The number of methoxy groups -OCH3 is 1. The van der Waals surface area contributed by atoms with E-state index in [2.05, 4.69) is 0 Å². The molecule has 0 saturated carbocycles. The van der Waals surface area contributed by atoms with Gasteiger partial charge in [-0.05, 0) is 17.7 Å². The molecule has 0 spiro atoms. The third-order valence-corrected chi connectivity index (χ3v) is 2.92. The zero-order valence-electron chi connectivity index (χ0n) is 8.90. The molecule has 0 unspecified atom stereocenters.